The molecule has 13 heteroatoms. The van der Waals surface area contributed by atoms with Crippen LogP contribution >= 0.6 is 0 Å². The van der Waals surface area contributed by atoms with Crippen molar-refractivity contribution in [1.29, 1.82) is 0 Å². The Hall–Kier alpha value is -2.77. The number of primary amides is 1. The molecule has 0 spiro atoms. The third-order valence-electron chi connectivity index (χ3n) is 3.62. The van der Waals surface area contributed by atoms with Gasteiger partial charge in [-0.05, 0) is 19.1 Å². The number of hydrogen-bond donors (Lipinski definition) is 4. The first-order chi connectivity index (χ1) is 13.3. The van der Waals surface area contributed by atoms with Gasteiger partial charge >= 0.3 is 0 Å². The molecule has 0 radical (unpaired) electrons. The molecule has 158 valence electrons. The molecule has 0 fully saturated rings. The summed E-state index contributed by atoms with van der Waals surface area (Å²) >= 11 is 0. The van der Waals surface area contributed by atoms with Crippen LogP contribution in [0.15, 0.2) is 34.3 Å². The van der Waals surface area contributed by atoms with Crippen molar-refractivity contribution in [3.8, 4) is 0 Å². The van der Waals surface area contributed by atoms with Crippen molar-refractivity contribution >= 4 is 42.9 Å². The molecule has 0 saturated carbocycles. The van der Waals surface area contributed by atoms with E-state index in [1.54, 1.807) is 6.92 Å². The van der Waals surface area contributed by atoms with E-state index in [0.29, 0.717) is 12.4 Å². The molecule has 2 aromatic heterocycles. The minimum absolute atomic E-state index is 0.00353. The van der Waals surface area contributed by atoms with Gasteiger partial charge in [-0.15, -0.1) is 0 Å². The SMILES string of the molecule is CC(N)CNc1cc(Nc2cc(S(C)(=O)=O)cc(S(C)(=O)=O)n2)c(C(N)=O)cn1. The van der Waals surface area contributed by atoms with Gasteiger partial charge < -0.3 is 22.1 Å². The van der Waals surface area contributed by atoms with E-state index in [0.717, 1.165) is 24.6 Å². The average Bonchev–Trinajstić information content (AvgIpc) is 2.58. The molecular formula is C16H22N6O5S2. The Balaban J connectivity index is 2.56. The first-order valence-corrected chi connectivity index (χ1v) is 12.0. The maximum Gasteiger partial charge on any atom is 0.252 e. The first kappa shape index (κ1) is 22.5. The summed E-state index contributed by atoms with van der Waals surface area (Å²) < 4.78 is 47.7. The van der Waals surface area contributed by atoms with Crippen molar-refractivity contribution in [2.75, 3.05) is 29.7 Å². The second kappa shape index (κ2) is 8.31. The Labute approximate surface area is 168 Å². The number of carbonyl (C=O) groups is 1. The van der Waals surface area contributed by atoms with Gasteiger partial charge in [0, 0.05) is 37.4 Å². The van der Waals surface area contributed by atoms with Gasteiger partial charge in [0.2, 0.25) is 0 Å². The number of rotatable bonds is 8. The summed E-state index contributed by atoms with van der Waals surface area (Å²) in [4.78, 5) is 19.5. The molecule has 6 N–H and O–H groups in total. The second-order valence-corrected chi connectivity index (χ2v) is 10.5. The number of pyridine rings is 2. The number of anilines is 3. The molecule has 2 rings (SSSR count). The van der Waals surface area contributed by atoms with Crippen LogP contribution in [0.2, 0.25) is 0 Å². The first-order valence-electron chi connectivity index (χ1n) is 8.26. The number of carbonyl (C=O) groups excluding carboxylic acids is 1. The predicted molar refractivity (Wildman–Crippen MR) is 109 cm³/mol. The van der Waals surface area contributed by atoms with Gasteiger partial charge in [0.15, 0.2) is 24.7 Å². The highest BCUT2D eigenvalue weighted by Crippen LogP contribution is 2.25. The van der Waals surface area contributed by atoms with Gasteiger partial charge in [-0.1, -0.05) is 0 Å². The van der Waals surface area contributed by atoms with Crippen molar-refractivity contribution in [2.24, 2.45) is 11.5 Å². The lowest BCUT2D eigenvalue weighted by Gasteiger charge is -2.14. The van der Waals surface area contributed by atoms with Crippen LogP contribution in [0, 0.1) is 0 Å². The quantitative estimate of drug-likeness (QED) is 0.429. The number of amides is 1. The molecule has 0 bridgehead atoms. The molecule has 1 amide bonds. The van der Waals surface area contributed by atoms with Crippen LogP contribution < -0.4 is 22.1 Å². The third kappa shape index (κ3) is 6.10. The van der Waals surface area contributed by atoms with Crippen LogP contribution in [0.1, 0.15) is 17.3 Å². The van der Waals surface area contributed by atoms with Gasteiger partial charge in [0.25, 0.3) is 5.91 Å². The molecule has 0 aromatic carbocycles. The second-order valence-electron chi connectivity index (χ2n) is 6.53. The topological polar surface area (TPSA) is 187 Å². The summed E-state index contributed by atoms with van der Waals surface area (Å²) in [7, 11) is -7.53. The monoisotopic (exact) mass is 442 g/mol. The Morgan fingerprint density at radius 2 is 1.76 bits per heavy atom. The molecule has 0 saturated heterocycles. The normalized spacial score (nSPS) is 13.0. The van der Waals surface area contributed by atoms with Crippen LogP contribution in [-0.4, -0.2) is 57.8 Å². The molecule has 0 aliphatic rings. The Morgan fingerprint density at radius 1 is 1.10 bits per heavy atom. The molecule has 2 aromatic rings. The predicted octanol–water partition coefficient (Wildman–Crippen LogP) is -0.115. The van der Waals surface area contributed by atoms with E-state index in [2.05, 4.69) is 20.6 Å². The number of nitrogens with one attached hydrogen (secondary N) is 2. The van der Waals surface area contributed by atoms with E-state index in [4.69, 9.17) is 11.5 Å². The van der Waals surface area contributed by atoms with Gasteiger partial charge in [0.1, 0.15) is 11.6 Å². The summed E-state index contributed by atoms with van der Waals surface area (Å²) in [5.41, 5.74) is 11.2. The molecule has 11 nitrogen and oxygen atoms in total. The smallest absolute Gasteiger partial charge is 0.252 e. The molecule has 1 unspecified atom stereocenters. The largest absolute Gasteiger partial charge is 0.368 e. The van der Waals surface area contributed by atoms with Crippen LogP contribution in [0.25, 0.3) is 0 Å². The van der Waals surface area contributed by atoms with E-state index in [9.17, 15) is 21.6 Å². The highest BCUT2D eigenvalue weighted by atomic mass is 32.2. The van der Waals surface area contributed by atoms with E-state index in [1.807, 2.05) is 0 Å². The fourth-order valence-corrected chi connectivity index (χ4v) is 3.54. The molecule has 0 aliphatic heterocycles. The number of aromatic nitrogens is 2. The Bertz CT molecular complexity index is 1100. The summed E-state index contributed by atoms with van der Waals surface area (Å²) in [6.45, 7) is 2.19. The summed E-state index contributed by atoms with van der Waals surface area (Å²) in [5.74, 6) is -0.515. The number of nitrogens with two attached hydrogens (primary N) is 2. The van der Waals surface area contributed by atoms with Gasteiger partial charge in [-0.25, -0.2) is 26.8 Å². The number of sulfone groups is 2. The molecular weight excluding hydrogens is 420 g/mol. The summed E-state index contributed by atoms with van der Waals surface area (Å²) in [5, 5.41) is 5.28. The van der Waals surface area contributed by atoms with Crippen molar-refractivity contribution in [2.45, 2.75) is 22.9 Å². The Kier molecular flexibility index (Phi) is 6.45. The lowest BCUT2D eigenvalue weighted by Crippen LogP contribution is -2.25. The number of nitrogens with zero attached hydrogens (tertiary/aromatic N) is 2. The number of hydrogen-bond acceptors (Lipinski definition) is 10. The van der Waals surface area contributed by atoms with Crippen molar-refractivity contribution in [1.82, 2.24) is 9.97 Å². The minimum atomic E-state index is -3.80. The zero-order chi connectivity index (χ0) is 22.0. The minimum Gasteiger partial charge on any atom is -0.368 e. The molecule has 2 heterocycles. The van der Waals surface area contributed by atoms with E-state index in [1.165, 1.54) is 12.3 Å². The van der Waals surface area contributed by atoms with Crippen LogP contribution in [0.5, 0.6) is 0 Å². The summed E-state index contributed by atoms with van der Waals surface area (Å²) in [6, 6.07) is 3.42. The van der Waals surface area contributed by atoms with Crippen LogP contribution in [0.4, 0.5) is 17.3 Å². The highest BCUT2D eigenvalue weighted by molar-refractivity contribution is 7.91. The Morgan fingerprint density at radius 3 is 2.28 bits per heavy atom. The highest BCUT2D eigenvalue weighted by Gasteiger charge is 2.19. The van der Waals surface area contributed by atoms with Crippen molar-refractivity contribution < 1.29 is 21.6 Å². The van der Waals surface area contributed by atoms with E-state index >= 15 is 0 Å². The lowest BCUT2D eigenvalue weighted by molar-refractivity contribution is 0.100. The molecule has 0 aliphatic carbocycles. The van der Waals surface area contributed by atoms with Gasteiger partial charge in [0.05, 0.1) is 16.1 Å². The fraction of sp³-hybridized carbons (Fsp3) is 0.312. The van der Waals surface area contributed by atoms with Gasteiger partial charge in [-0.2, -0.15) is 0 Å². The maximum atomic E-state index is 11.9. The molecule has 29 heavy (non-hydrogen) atoms. The summed E-state index contributed by atoms with van der Waals surface area (Å²) in [6.07, 6.45) is 3.07. The van der Waals surface area contributed by atoms with Crippen LogP contribution in [0.3, 0.4) is 0 Å². The fourth-order valence-electron chi connectivity index (χ4n) is 2.20. The van der Waals surface area contributed by atoms with Crippen LogP contribution in [-0.2, 0) is 19.7 Å². The van der Waals surface area contributed by atoms with Gasteiger partial charge in [-0.3, -0.25) is 4.79 Å². The third-order valence-corrected chi connectivity index (χ3v) is 5.68. The van der Waals surface area contributed by atoms with E-state index < -0.39 is 30.6 Å². The molecule has 1 atom stereocenters. The maximum absolute atomic E-state index is 11.9. The zero-order valence-electron chi connectivity index (χ0n) is 16.0. The van der Waals surface area contributed by atoms with Crippen molar-refractivity contribution in [3.05, 3.63) is 30.0 Å². The zero-order valence-corrected chi connectivity index (χ0v) is 17.6. The van der Waals surface area contributed by atoms with E-state index in [-0.39, 0.29) is 28.0 Å². The van der Waals surface area contributed by atoms with Crippen molar-refractivity contribution in [3.63, 3.8) is 0 Å². The standard InChI is InChI=1S/C16H22N6O5S2/c1-9(17)7-19-13-6-12(11(8-20-13)16(18)23)21-14-4-10(28(2,24)25)5-15(22-14)29(3,26)27/h4-6,8-9H,7,17H2,1-3H3,(H2,18,23)(H2,19,20,21,22). The lowest BCUT2D eigenvalue weighted by atomic mass is 10.2. The average molecular weight is 443 g/mol.